The molecular formula is C20H25NO3. The molecule has 0 spiro atoms. The zero-order valence-corrected chi connectivity index (χ0v) is 14.6. The van der Waals surface area contributed by atoms with Crippen LogP contribution in [0.4, 0.5) is 0 Å². The van der Waals surface area contributed by atoms with Gasteiger partial charge in [-0.2, -0.15) is 0 Å². The second-order valence-electron chi connectivity index (χ2n) is 6.98. The summed E-state index contributed by atoms with van der Waals surface area (Å²) >= 11 is 0. The summed E-state index contributed by atoms with van der Waals surface area (Å²) in [6, 6.07) is 9.57. The van der Waals surface area contributed by atoms with E-state index in [4.69, 9.17) is 4.74 Å². The van der Waals surface area contributed by atoms with Crippen molar-refractivity contribution in [2.45, 2.75) is 26.8 Å². The molecule has 0 radical (unpaired) electrons. The van der Waals surface area contributed by atoms with Gasteiger partial charge in [-0.1, -0.05) is 50.3 Å². The van der Waals surface area contributed by atoms with E-state index in [1.807, 2.05) is 51.1 Å². The highest BCUT2D eigenvalue weighted by Crippen LogP contribution is 2.39. The summed E-state index contributed by atoms with van der Waals surface area (Å²) in [7, 11) is 0. The fourth-order valence-electron chi connectivity index (χ4n) is 3.96. The third-order valence-electron chi connectivity index (χ3n) is 5.01. The lowest BCUT2D eigenvalue weighted by atomic mass is 9.97. The van der Waals surface area contributed by atoms with Gasteiger partial charge < -0.3 is 4.74 Å². The predicted molar refractivity (Wildman–Crippen MR) is 93.2 cm³/mol. The Hall–Kier alpha value is -1.94. The van der Waals surface area contributed by atoms with Crippen LogP contribution in [-0.2, 0) is 14.3 Å². The lowest BCUT2D eigenvalue weighted by Crippen LogP contribution is -2.45. The van der Waals surface area contributed by atoms with Gasteiger partial charge >= 0.3 is 5.97 Å². The number of Topliss-reactive ketones (excluding diaryl/α,β-unsaturated/α-hetero) is 1. The van der Waals surface area contributed by atoms with Crippen molar-refractivity contribution < 1.29 is 14.3 Å². The van der Waals surface area contributed by atoms with E-state index in [1.54, 1.807) is 0 Å². The molecule has 0 unspecified atom stereocenters. The zero-order chi connectivity index (χ0) is 17.3. The molecule has 24 heavy (non-hydrogen) atoms. The summed E-state index contributed by atoms with van der Waals surface area (Å²) in [6.45, 7) is 7.66. The standard InChI is InChI=1S/C20H25NO3/c1-4-24-20(23)18(13(2)3)21-11-15-10-16(19(22)17(15)12-21)14-8-6-5-7-9-14/h5-10,13,15,17-18H,4,11-12H2,1-3H3/t15-,17+,18-/m0/s1. The van der Waals surface area contributed by atoms with E-state index in [9.17, 15) is 9.59 Å². The summed E-state index contributed by atoms with van der Waals surface area (Å²) in [5, 5.41) is 0. The van der Waals surface area contributed by atoms with Crippen LogP contribution in [0.2, 0.25) is 0 Å². The van der Waals surface area contributed by atoms with E-state index < -0.39 is 0 Å². The Balaban J connectivity index is 1.78. The Bertz CT molecular complexity index is 650. The number of esters is 1. The molecule has 1 aliphatic carbocycles. The van der Waals surface area contributed by atoms with Crippen LogP contribution < -0.4 is 0 Å². The van der Waals surface area contributed by atoms with Crippen molar-refractivity contribution in [3.63, 3.8) is 0 Å². The van der Waals surface area contributed by atoms with Gasteiger partial charge in [0.25, 0.3) is 0 Å². The highest BCUT2D eigenvalue weighted by atomic mass is 16.5. The lowest BCUT2D eigenvalue weighted by molar-refractivity contribution is -0.151. The average molecular weight is 327 g/mol. The van der Waals surface area contributed by atoms with E-state index in [0.717, 1.165) is 17.7 Å². The van der Waals surface area contributed by atoms with Crippen LogP contribution in [0.1, 0.15) is 26.3 Å². The Kier molecular flexibility index (Phi) is 4.86. The topological polar surface area (TPSA) is 46.6 Å². The third-order valence-corrected chi connectivity index (χ3v) is 5.01. The molecule has 3 rings (SSSR count). The number of ether oxygens (including phenoxy) is 1. The second kappa shape index (κ2) is 6.89. The Morgan fingerprint density at radius 1 is 1.25 bits per heavy atom. The van der Waals surface area contributed by atoms with Crippen LogP contribution in [-0.4, -0.2) is 42.4 Å². The first-order valence-electron chi connectivity index (χ1n) is 8.75. The molecule has 128 valence electrons. The number of rotatable bonds is 5. The molecule has 1 fully saturated rings. The molecule has 0 amide bonds. The van der Waals surface area contributed by atoms with Gasteiger partial charge in [0, 0.05) is 30.5 Å². The number of allylic oxidation sites excluding steroid dienone is 1. The Morgan fingerprint density at radius 2 is 1.96 bits per heavy atom. The van der Waals surface area contributed by atoms with E-state index in [-0.39, 0.29) is 35.5 Å². The summed E-state index contributed by atoms with van der Waals surface area (Å²) in [6.07, 6.45) is 2.10. The van der Waals surface area contributed by atoms with Crippen LogP contribution in [0.15, 0.2) is 36.4 Å². The maximum absolute atomic E-state index is 12.8. The molecule has 4 nitrogen and oxygen atoms in total. The molecule has 1 aromatic carbocycles. The van der Waals surface area contributed by atoms with Crippen LogP contribution in [0.5, 0.6) is 0 Å². The third kappa shape index (κ3) is 3.03. The number of ketones is 1. The monoisotopic (exact) mass is 327 g/mol. The molecule has 0 saturated carbocycles. The van der Waals surface area contributed by atoms with Gasteiger partial charge in [0.05, 0.1) is 6.61 Å². The summed E-state index contributed by atoms with van der Waals surface area (Å²) < 4.78 is 5.24. The first kappa shape index (κ1) is 16.9. The van der Waals surface area contributed by atoms with Crippen molar-refractivity contribution in [3.05, 3.63) is 42.0 Å². The molecular weight excluding hydrogens is 302 g/mol. The number of fused-ring (bicyclic) bond motifs is 1. The number of benzene rings is 1. The van der Waals surface area contributed by atoms with Gasteiger partial charge in [0.15, 0.2) is 5.78 Å². The zero-order valence-electron chi connectivity index (χ0n) is 14.6. The van der Waals surface area contributed by atoms with E-state index in [0.29, 0.717) is 13.2 Å². The second-order valence-corrected chi connectivity index (χ2v) is 6.98. The number of likely N-dealkylation sites (tertiary alicyclic amines) is 1. The van der Waals surface area contributed by atoms with Gasteiger partial charge in [0.2, 0.25) is 0 Å². The Labute approximate surface area is 143 Å². The number of hydrogen-bond donors (Lipinski definition) is 0. The van der Waals surface area contributed by atoms with Crippen LogP contribution in [0, 0.1) is 17.8 Å². The van der Waals surface area contributed by atoms with Gasteiger partial charge in [0.1, 0.15) is 6.04 Å². The Morgan fingerprint density at radius 3 is 2.54 bits per heavy atom. The van der Waals surface area contributed by atoms with E-state index >= 15 is 0 Å². The minimum absolute atomic E-state index is 0.0316. The van der Waals surface area contributed by atoms with Crippen molar-refractivity contribution in [3.8, 4) is 0 Å². The maximum atomic E-state index is 12.8. The van der Waals surface area contributed by atoms with Crippen LogP contribution >= 0.6 is 0 Å². The predicted octanol–water partition coefficient (Wildman–Crippen LogP) is 2.79. The molecule has 3 atom stereocenters. The number of carbonyl (C=O) groups is 2. The molecule has 4 heteroatoms. The highest BCUT2D eigenvalue weighted by Gasteiger charge is 2.46. The highest BCUT2D eigenvalue weighted by molar-refractivity contribution is 6.24. The van der Waals surface area contributed by atoms with E-state index in [1.165, 1.54) is 0 Å². The minimum atomic E-state index is -0.267. The average Bonchev–Trinajstić information content (AvgIpc) is 3.08. The van der Waals surface area contributed by atoms with Crippen molar-refractivity contribution in [2.75, 3.05) is 19.7 Å². The fraction of sp³-hybridized carbons (Fsp3) is 0.500. The molecule has 1 aliphatic heterocycles. The molecule has 1 heterocycles. The smallest absolute Gasteiger partial charge is 0.323 e. The van der Waals surface area contributed by atoms with Crippen molar-refractivity contribution in [1.29, 1.82) is 0 Å². The maximum Gasteiger partial charge on any atom is 0.323 e. The molecule has 0 aromatic heterocycles. The van der Waals surface area contributed by atoms with E-state index in [2.05, 4.69) is 11.0 Å². The van der Waals surface area contributed by atoms with Gasteiger partial charge in [-0.15, -0.1) is 0 Å². The summed E-state index contributed by atoms with van der Waals surface area (Å²) in [5.74, 6) is 0.363. The normalized spacial score (nSPS) is 24.8. The van der Waals surface area contributed by atoms with Crippen LogP contribution in [0.25, 0.3) is 5.57 Å². The van der Waals surface area contributed by atoms with Gasteiger partial charge in [-0.25, -0.2) is 0 Å². The number of carbonyl (C=O) groups excluding carboxylic acids is 2. The quantitative estimate of drug-likeness (QED) is 0.780. The fourth-order valence-corrected chi connectivity index (χ4v) is 3.96. The van der Waals surface area contributed by atoms with Gasteiger partial charge in [-0.3, -0.25) is 14.5 Å². The first-order chi connectivity index (χ1) is 11.5. The lowest BCUT2D eigenvalue weighted by Gasteiger charge is -2.29. The number of hydrogen-bond acceptors (Lipinski definition) is 4. The van der Waals surface area contributed by atoms with Crippen LogP contribution in [0.3, 0.4) is 0 Å². The van der Waals surface area contributed by atoms with Crippen molar-refractivity contribution in [2.24, 2.45) is 17.8 Å². The SMILES string of the molecule is CCOC(=O)[C@H](C(C)C)N1C[C@@H]2C=C(c3ccccc3)C(=O)[C@@H]2C1. The molecule has 0 bridgehead atoms. The molecule has 2 aliphatic rings. The van der Waals surface area contributed by atoms with Gasteiger partial charge in [-0.05, 0) is 18.4 Å². The van der Waals surface area contributed by atoms with Crippen molar-refractivity contribution in [1.82, 2.24) is 4.90 Å². The number of nitrogens with zero attached hydrogens (tertiary/aromatic N) is 1. The minimum Gasteiger partial charge on any atom is -0.465 e. The molecule has 1 saturated heterocycles. The largest absolute Gasteiger partial charge is 0.465 e. The van der Waals surface area contributed by atoms with Crippen molar-refractivity contribution >= 4 is 17.3 Å². The molecule has 1 aromatic rings. The molecule has 0 N–H and O–H groups in total. The first-order valence-corrected chi connectivity index (χ1v) is 8.75. The summed E-state index contributed by atoms with van der Waals surface area (Å²) in [5.41, 5.74) is 1.83. The summed E-state index contributed by atoms with van der Waals surface area (Å²) in [4.78, 5) is 27.2.